The highest BCUT2D eigenvalue weighted by Gasteiger charge is 2.21. The van der Waals surface area contributed by atoms with E-state index in [-0.39, 0.29) is 5.75 Å². The zero-order valence-corrected chi connectivity index (χ0v) is 16.8. The first kappa shape index (κ1) is 20.1. The number of guanidine groups is 1. The molecule has 150 valence electrons. The van der Waals surface area contributed by atoms with Crippen molar-refractivity contribution < 1.29 is 8.42 Å². The maximum atomic E-state index is 12.3. The lowest BCUT2D eigenvalue weighted by Crippen LogP contribution is -2.53. The van der Waals surface area contributed by atoms with Gasteiger partial charge in [0.05, 0.1) is 10.6 Å². The van der Waals surface area contributed by atoms with Crippen LogP contribution in [0.1, 0.15) is 6.42 Å². The van der Waals surface area contributed by atoms with E-state index in [9.17, 15) is 8.42 Å². The number of hydrogen-bond acceptors (Lipinski definition) is 6. The Hall–Kier alpha value is -2.68. The van der Waals surface area contributed by atoms with E-state index in [1.165, 1.54) is 0 Å². The standard InChI is InChI=1S/C19H26N6O2S/c1-20-18(21-11-6-16-28(26,27)17-7-3-2-4-8-17)24-12-14-25(15-13-24)19-22-9-5-10-23-19/h2-5,7-10H,6,11-16H2,1H3,(H,20,21). The summed E-state index contributed by atoms with van der Waals surface area (Å²) in [6.07, 6.45) is 4.02. The number of nitrogens with zero attached hydrogens (tertiary/aromatic N) is 5. The molecule has 2 heterocycles. The van der Waals surface area contributed by atoms with Crippen molar-refractivity contribution in [2.45, 2.75) is 11.3 Å². The highest BCUT2D eigenvalue weighted by molar-refractivity contribution is 7.91. The summed E-state index contributed by atoms with van der Waals surface area (Å²) in [5.41, 5.74) is 0. The van der Waals surface area contributed by atoms with Crippen molar-refractivity contribution in [3.05, 3.63) is 48.8 Å². The number of piperazine rings is 1. The summed E-state index contributed by atoms with van der Waals surface area (Å²) >= 11 is 0. The molecule has 0 spiro atoms. The van der Waals surface area contributed by atoms with Gasteiger partial charge in [-0.25, -0.2) is 18.4 Å². The normalized spacial score (nSPS) is 15.5. The molecule has 3 rings (SSSR count). The van der Waals surface area contributed by atoms with E-state index in [0.29, 0.717) is 17.9 Å². The molecule has 1 saturated heterocycles. The van der Waals surface area contributed by atoms with E-state index < -0.39 is 9.84 Å². The van der Waals surface area contributed by atoms with Crippen molar-refractivity contribution in [2.75, 3.05) is 50.4 Å². The Kier molecular flexibility index (Phi) is 6.80. The lowest BCUT2D eigenvalue weighted by Gasteiger charge is -2.36. The van der Waals surface area contributed by atoms with Gasteiger partial charge in [0.15, 0.2) is 15.8 Å². The highest BCUT2D eigenvalue weighted by Crippen LogP contribution is 2.11. The summed E-state index contributed by atoms with van der Waals surface area (Å²) in [5.74, 6) is 1.65. The molecule has 9 heteroatoms. The fraction of sp³-hybridized carbons (Fsp3) is 0.421. The number of aliphatic imine (C=N–C) groups is 1. The predicted octanol–water partition coefficient (Wildman–Crippen LogP) is 1.04. The number of nitrogens with one attached hydrogen (secondary N) is 1. The molecule has 0 atom stereocenters. The van der Waals surface area contributed by atoms with E-state index in [0.717, 1.165) is 38.1 Å². The van der Waals surface area contributed by atoms with Gasteiger partial charge in [0, 0.05) is 52.2 Å². The Morgan fingerprint density at radius 1 is 1.07 bits per heavy atom. The van der Waals surface area contributed by atoms with Crippen LogP contribution in [0.25, 0.3) is 0 Å². The number of aromatic nitrogens is 2. The second-order valence-corrected chi connectivity index (χ2v) is 8.59. The Labute approximate surface area is 166 Å². The summed E-state index contributed by atoms with van der Waals surface area (Å²) in [6.45, 7) is 3.79. The van der Waals surface area contributed by atoms with Gasteiger partial charge >= 0.3 is 0 Å². The van der Waals surface area contributed by atoms with E-state index in [1.807, 2.05) is 12.1 Å². The first-order valence-corrected chi connectivity index (χ1v) is 11.0. The first-order valence-electron chi connectivity index (χ1n) is 9.35. The van der Waals surface area contributed by atoms with Crippen LogP contribution in [0.3, 0.4) is 0 Å². The van der Waals surface area contributed by atoms with Crippen LogP contribution in [0.5, 0.6) is 0 Å². The predicted molar refractivity (Wildman–Crippen MR) is 110 cm³/mol. The third kappa shape index (κ3) is 5.19. The summed E-state index contributed by atoms with van der Waals surface area (Å²) in [5, 5.41) is 3.28. The Balaban J connectivity index is 1.44. The molecule has 1 aromatic carbocycles. The lowest BCUT2D eigenvalue weighted by molar-refractivity contribution is 0.370. The number of rotatable bonds is 6. The molecule has 1 aliphatic rings. The number of benzene rings is 1. The molecular formula is C19H26N6O2S. The molecule has 0 bridgehead atoms. The van der Waals surface area contributed by atoms with Crippen LogP contribution in [0, 0.1) is 0 Å². The first-order chi connectivity index (χ1) is 13.6. The topological polar surface area (TPSA) is 90.8 Å². The minimum absolute atomic E-state index is 0.111. The van der Waals surface area contributed by atoms with E-state index >= 15 is 0 Å². The summed E-state index contributed by atoms with van der Waals surface area (Å²) in [4.78, 5) is 17.6. The zero-order valence-electron chi connectivity index (χ0n) is 16.0. The van der Waals surface area contributed by atoms with Crippen molar-refractivity contribution in [2.24, 2.45) is 4.99 Å². The third-order valence-electron chi connectivity index (χ3n) is 4.60. The van der Waals surface area contributed by atoms with Gasteiger partial charge in [-0.05, 0) is 24.6 Å². The molecule has 0 aliphatic carbocycles. The monoisotopic (exact) mass is 402 g/mol. The number of sulfone groups is 1. The highest BCUT2D eigenvalue weighted by atomic mass is 32.2. The van der Waals surface area contributed by atoms with Gasteiger partial charge in [-0.15, -0.1) is 0 Å². The molecule has 0 amide bonds. The van der Waals surface area contributed by atoms with Crippen LogP contribution < -0.4 is 10.2 Å². The fourth-order valence-corrected chi connectivity index (χ4v) is 4.45. The largest absolute Gasteiger partial charge is 0.356 e. The number of anilines is 1. The van der Waals surface area contributed by atoms with E-state index in [4.69, 9.17) is 0 Å². The second-order valence-electron chi connectivity index (χ2n) is 6.48. The molecule has 0 radical (unpaired) electrons. The smallest absolute Gasteiger partial charge is 0.225 e. The Bertz CT molecular complexity index is 866. The van der Waals surface area contributed by atoms with Gasteiger partial charge in [0.25, 0.3) is 0 Å². The maximum Gasteiger partial charge on any atom is 0.225 e. The van der Waals surface area contributed by atoms with Crippen molar-refractivity contribution >= 4 is 21.7 Å². The van der Waals surface area contributed by atoms with Crippen LogP contribution in [0.15, 0.2) is 58.7 Å². The molecule has 1 fully saturated rings. The molecule has 28 heavy (non-hydrogen) atoms. The molecule has 1 aromatic heterocycles. The average Bonchev–Trinajstić information content (AvgIpc) is 2.75. The van der Waals surface area contributed by atoms with Crippen molar-refractivity contribution in [3.63, 3.8) is 0 Å². The number of hydrogen-bond donors (Lipinski definition) is 1. The fourth-order valence-electron chi connectivity index (χ4n) is 3.11. The molecule has 0 unspecified atom stereocenters. The van der Waals surface area contributed by atoms with Gasteiger partial charge in [-0.1, -0.05) is 18.2 Å². The van der Waals surface area contributed by atoms with E-state index in [1.54, 1.807) is 43.7 Å². The zero-order chi connectivity index (χ0) is 19.8. The summed E-state index contributed by atoms with van der Waals surface area (Å²) < 4.78 is 24.7. The van der Waals surface area contributed by atoms with Gasteiger partial charge in [-0.2, -0.15) is 0 Å². The van der Waals surface area contributed by atoms with Crippen LogP contribution in [-0.2, 0) is 9.84 Å². The average molecular weight is 403 g/mol. The summed E-state index contributed by atoms with van der Waals surface area (Å²) in [7, 11) is -1.50. The molecule has 0 saturated carbocycles. The van der Waals surface area contributed by atoms with Gasteiger partial charge in [0.2, 0.25) is 5.95 Å². The molecular weight excluding hydrogens is 376 g/mol. The lowest BCUT2D eigenvalue weighted by atomic mass is 10.3. The minimum Gasteiger partial charge on any atom is -0.356 e. The van der Waals surface area contributed by atoms with Crippen LogP contribution >= 0.6 is 0 Å². The quantitative estimate of drug-likeness (QED) is 0.438. The SMILES string of the molecule is CN=C(NCCCS(=O)(=O)c1ccccc1)N1CCN(c2ncccn2)CC1. The van der Waals surface area contributed by atoms with Gasteiger partial charge in [0.1, 0.15) is 0 Å². The van der Waals surface area contributed by atoms with Gasteiger partial charge in [-0.3, -0.25) is 4.99 Å². The molecule has 8 nitrogen and oxygen atoms in total. The Morgan fingerprint density at radius 3 is 2.39 bits per heavy atom. The second kappa shape index (κ2) is 9.50. The Morgan fingerprint density at radius 2 is 1.75 bits per heavy atom. The van der Waals surface area contributed by atoms with Crippen LogP contribution in [0.2, 0.25) is 0 Å². The molecule has 1 N–H and O–H groups in total. The minimum atomic E-state index is -3.24. The summed E-state index contributed by atoms with van der Waals surface area (Å²) in [6, 6.07) is 10.4. The van der Waals surface area contributed by atoms with Crippen molar-refractivity contribution in [3.8, 4) is 0 Å². The third-order valence-corrected chi connectivity index (χ3v) is 6.42. The van der Waals surface area contributed by atoms with Crippen LogP contribution in [-0.4, -0.2) is 74.8 Å². The molecule has 2 aromatic rings. The van der Waals surface area contributed by atoms with Crippen molar-refractivity contribution in [1.29, 1.82) is 0 Å². The van der Waals surface area contributed by atoms with Crippen LogP contribution in [0.4, 0.5) is 5.95 Å². The van der Waals surface area contributed by atoms with Gasteiger partial charge < -0.3 is 15.1 Å². The van der Waals surface area contributed by atoms with Crippen molar-refractivity contribution in [1.82, 2.24) is 20.2 Å². The molecule has 1 aliphatic heterocycles. The maximum absolute atomic E-state index is 12.3. The van der Waals surface area contributed by atoms with E-state index in [2.05, 4.69) is 30.1 Å².